The summed E-state index contributed by atoms with van der Waals surface area (Å²) < 4.78 is 10.6. The average Bonchev–Trinajstić information content (AvgIpc) is 3.70. The number of hydrogen-bond donors (Lipinski definition) is 4. The number of carbonyl (C=O) groups excluding carboxylic acids is 4. The molecular formula is C30H26N4O6. The van der Waals surface area contributed by atoms with Crippen LogP contribution in [0, 0.1) is 0 Å². The SMILES string of the molecule is O=C(NCCNC(=O)/C(=C/c1ccco1)NC(=O)c1ccccc1)/C(=C/c1ccco1)NC(=O)c1ccccc1. The number of carbonyl (C=O) groups is 4. The van der Waals surface area contributed by atoms with Crippen molar-refractivity contribution in [1.82, 2.24) is 21.3 Å². The average molecular weight is 539 g/mol. The topological polar surface area (TPSA) is 143 Å². The normalized spacial score (nSPS) is 11.4. The van der Waals surface area contributed by atoms with Crippen LogP contribution in [0.3, 0.4) is 0 Å². The van der Waals surface area contributed by atoms with Crippen molar-refractivity contribution in [2.45, 2.75) is 0 Å². The maximum atomic E-state index is 12.9. The van der Waals surface area contributed by atoms with E-state index in [1.807, 2.05) is 0 Å². The zero-order chi connectivity index (χ0) is 28.2. The Morgan fingerprint density at radius 2 is 0.950 bits per heavy atom. The molecule has 0 spiro atoms. The fourth-order valence-electron chi connectivity index (χ4n) is 3.46. The summed E-state index contributed by atoms with van der Waals surface area (Å²) in [5.41, 5.74) is 0.676. The number of benzene rings is 2. The first kappa shape index (κ1) is 27.4. The molecule has 2 aromatic carbocycles. The second kappa shape index (κ2) is 13.8. The summed E-state index contributed by atoms with van der Waals surface area (Å²) in [6.45, 7) is 0.0594. The van der Waals surface area contributed by atoms with Gasteiger partial charge in [-0.25, -0.2) is 0 Å². The minimum absolute atomic E-state index is 0.0297. The van der Waals surface area contributed by atoms with Gasteiger partial charge in [0.2, 0.25) is 0 Å². The molecule has 10 nitrogen and oxygen atoms in total. The van der Waals surface area contributed by atoms with Gasteiger partial charge in [0.25, 0.3) is 23.6 Å². The van der Waals surface area contributed by atoms with Gasteiger partial charge in [-0.05, 0) is 48.5 Å². The summed E-state index contributed by atoms with van der Waals surface area (Å²) in [4.78, 5) is 51.1. The minimum Gasteiger partial charge on any atom is -0.465 e. The molecule has 10 heteroatoms. The van der Waals surface area contributed by atoms with Crippen LogP contribution in [0.25, 0.3) is 12.2 Å². The Kier molecular flexibility index (Phi) is 9.43. The molecule has 2 aromatic heterocycles. The molecule has 2 heterocycles. The minimum atomic E-state index is -0.585. The molecule has 0 atom stereocenters. The lowest BCUT2D eigenvalue weighted by Gasteiger charge is -2.13. The van der Waals surface area contributed by atoms with E-state index in [4.69, 9.17) is 8.83 Å². The Balaban J connectivity index is 1.37. The first-order valence-corrected chi connectivity index (χ1v) is 12.3. The molecule has 202 valence electrons. The molecule has 0 saturated carbocycles. The molecule has 4 amide bonds. The van der Waals surface area contributed by atoms with Crippen molar-refractivity contribution in [3.63, 3.8) is 0 Å². The highest BCUT2D eigenvalue weighted by atomic mass is 16.3. The van der Waals surface area contributed by atoms with Gasteiger partial charge in [-0.1, -0.05) is 36.4 Å². The summed E-state index contributed by atoms with van der Waals surface area (Å²) in [6, 6.07) is 23.5. The zero-order valence-electron chi connectivity index (χ0n) is 21.3. The zero-order valence-corrected chi connectivity index (χ0v) is 21.3. The van der Waals surface area contributed by atoms with Crippen LogP contribution in [-0.4, -0.2) is 36.7 Å². The molecule has 0 aliphatic heterocycles. The number of hydrogen-bond acceptors (Lipinski definition) is 6. The van der Waals surface area contributed by atoms with Crippen molar-refractivity contribution in [1.29, 1.82) is 0 Å². The lowest BCUT2D eigenvalue weighted by Crippen LogP contribution is -2.41. The number of rotatable bonds is 11. The summed E-state index contributed by atoms with van der Waals surface area (Å²) in [5, 5.41) is 10.5. The van der Waals surface area contributed by atoms with E-state index in [9.17, 15) is 19.2 Å². The molecular weight excluding hydrogens is 512 g/mol. The van der Waals surface area contributed by atoms with Crippen molar-refractivity contribution in [3.05, 3.63) is 131 Å². The van der Waals surface area contributed by atoms with Gasteiger partial charge in [-0.15, -0.1) is 0 Å². The first-order chi connectivity index (χ1) is 19.5. The summed E-state index contributed by atoms with van der Waals surface area (Å²) in [5.74, 6) is -1.37. The molecule has 0 aliphatic carbocycles. The van der Waals surface area contributed by atoms with Crippen molar-refractivity contribution in [2.24, 2.45) is 0 Å². The van der Waals surface area contributed by atoms with Gasteiger partial charge >= 0.3 is 0 Å². The van der Waals surface area contributed by atoms with E-state index < -0.39 is 23.6 Å². The molecule has 0 saturated heterocycles. The van der Waals surface area contributed by atoms with Crippen molar-refractivity contribution >= 4 is 35.8 Å². The Bertz CT molecular complexity index is 1380. The Morgan fingerprint density at radius 1 is 0.550 bits per heavy atom. The van der Waals surface area contributed by atoms with Crippen LogP contribution in [0.1, 0.15) is 32.2 Å². The summed E-state index contributed by atoms with van der Waals surface area (Å²) >= 11 is 0. The van der Waals surface area contributed by atoms with Gasteiger partial charge in [-0.2, -0.15) is 0 Å². The van der Waals surface area contributed by atoms with Crippen LogP contribution in [0.2, 0.25) is 0 Å². The van der Waals surface area contributed by atoms with E-state index in [0.717, 1.165) is 0 Å². The molecule has 4 rings (SSSR count). The fraction of sp³-hybridized carbons (Fsp3) is 0.0667. The van der Waals surface area contributed by atoms with Crippen LogP contribution in [0.15, 0.2) is 118 Å². The predicted molar refractivity (Wildman–Crippen MR) is 147 cm³/mol. The van der Waals surface area contributed by atoms with Gasteiger partial charge in [0.1, 0.15) is 22.9 Å². The largest absolute Gasteiger partial charge is 0.465 e. The van der Waals surface area contributed by atoms with Crippen LogP contribution in [0.4, 0.5) is 0 Å². The third kappa shape index (κ3) is 7.93. The maximum absolute atomic E-state index is 12.9. The smallest absolute Gasteiger partial charge is 0.268 e. The third-order valence-electron chi connectivity index (χ3n) is 5.41. The Hall–Kier alpha value is -5.64. The second-order valence-electron chi connectivity index (χ2n) is 8.30. The first-order valence-electron chi connectivity index (χ1n) is 12.3. The molecule has 0 radical (unpaired) electrons. The van der Waals surface area contributed by atoms with Crippen LogP contribution in [-0.2, 0) is 9.59 Å². The van der Waals surface area contributed by atoms with Crippen molar-refractivity contribution in [3.8, 4) is 0 Å². The summed E-state index contributed by atoms with van der Waals surface area (Å²) in [7, 11) is 0. The Labute approximate surface area is 229 Å². The highest BCUT2D eigenvalue weighted by Gasteiger charge is 2.17. The van der Waals surface area contributed by atoms with Gasteiger partial charge in [0.05, 0.1) is 12.5 Å². The van der Waals surface area contributed by atoms with E-state index in [2.05, 4.69) is 21.3 Å². The third-order valence-corrected chi connectivity index (χ3v) is 5.41. The van der Waals surface area contributed by atoms with Crippen LogP contribution < -0.4 is 21.3 Å². The Morgan fingerprint density at radius 3 is 1.30 bits per heavy atom. The highest BCUT2D eigenvalue weighted by Crippen LogP contribution is 2.09. The van der Waals surface area contributed by atoms with Crippen molar-refractivity contribution < 1.29 is 28.0 Å². The second-order valence-corrected chi connectivity index (χ2v) is 8.30. The maximum Gasteiger partial charge on any atom is 0.268 e. The van der Waals surface area contributed by atoms with Gasteiger partial charge in [-0.3, -0.25) is 19.2 Å². The van der Waals surface area contributed by atoms with Gasteiger partial charge < -0.3 is 30.1 Å². The molecule has 40 heavy (non-hydrogen) atoms. The van der Waals surface area contributed by atoms with Gasteiger partial charge in [0.15, 0.2) is 0 Å². The molecule has 0 aliphatic rings. The van der Waals surface area contributed by atoms with Crippen LogP contribution in [0.5, 0.6) is 0 Å². The van der Waals surface area contributed by atoms with E-state index in [1.165, 1.54) is 24.7 Å². The predicted octanol–water partition coefficient (Wildman–Crippen LogP) is 3.35. The van der Waals surface area contributed by atoms with E-state index in [-0.39, 0.29) is 24.5 Å². The lowest BCUT2D eigenvalue weighted by atomic mass is 10.2. The lowest BCUT2D eigenvalue weighted by molar-refractivity contribution is -0.119. The van der Waals surface area contributed by atoms with Gasteiger partial charge in [0, 0.05) is 36.4 Å². The van der Waals surface area contributed by atoms with E-state index >= 15 is 0 Å². The number of nitrogens with one attached hydrogen (secondary N) is 4. The van der Waals surface area contributed by atoms with Crippen LogP contribution >= 0.6 is 0 Å². The number of furan rings is 2. The monoisotopic (exact) mass is 538 g/mol. The summed E-state index contributed by atoms with van der Waals surface area (Å²) in [6.07, 6.45) is 5.69. The molecule has 4 N–H and O–H groups in total. The van der Waals surface area contributed by atoms with Crippen molar-refractivity contribution in [2.75, 3.05) is 13.1 Å². The molecule has 0 fully saturated rings. The highest BCUT2D eigenvalue weighted by molar-refractivity contribution is 6.06. The quantitative estimate of drug-likeness (QED) is 0.170. The fourth-order valence-corrected chi connectivity index (χ4v) is 3.46. The molecule has 0 unspecified atom stereocenters. The molecule has 0 bridgehead atoms. The molecule has 4 aromatic rings. The van der Waals surface area contributed by atoms with E-state index in [1.54, 1.807) is 84.9 Å². The van der Waals surface area contributed by atoms with E-state index in [0.29, 0.717) is 22.6 Å². The standard InChI is InChI=1S/C30H26N4O6/c35-27(21-9-3-1-4-10-21)33-25(19-23-13-7-17-39-23)29(37)31-15-16-32-30(38)26(20-24-14-8-18-40-24)34-28(36)22-11-5-2-6-12-22/h1-14,17-20H,15-16H2,(H,31,37)(H,32,38)(H,33,35)(H,34,36)/b25-19-,26-20-. The number of amides is 4.